The Morgan fingerprint density at radius 2 is 1.89 bits per heavy atom. The van der Waals surface area contributed by atoms with Gasteiger partial charge in [-0.3, -0.25) is 0 Å². The molecule has 0 bridgehead atoms. The van der Waals surface area contributed by atoms with Crippen LogP contribution in [0.25, 0.3) is 0 Å². The van der Waals surface area contributed by atoms with Gasteiger partial charge in [0, 0.05) is 27.8 Å². The van der Waals surface area contributed by atoms with E-state index in [0.717, 1.165) is 12.8 Å². The lowest BCUT2D eigenvalue weighted by Gasteiger charge is -2.41. The fourth-order valence-corrected chi connectivity index (χ4v) is 3.27. The van der Waals surface area contributed by atoms with Crippen LogP contribution in [-0.2, 0) is 10.3 Å². The minimum Gasteiger partial charge on any atom is -0.497 e. The molecule has 4 rings (SSSR count). The van der Waals surface area contributed by atoms with E-state index in [9.17, 15) is 13.2 Å². The summed E-state index contributed by atoms with van der Waals surface area (Å²) in [6.07, 6.45) is -4.16. The van der Waals surface area contributed by atoms with Crippen LogP contribution in [-0.4, -0.2) is 13.3 Å². The Balaban J connectivity index is 1.84. The number of ether oxygens (including phenoxy) is 2. The zero-order chi connectivity index (χ0) is 19.9. The Morgan fingerprint density at radius 1 is 1.18 bits per heavy atom. The van der Waals surface area contributed by atoms with Crippen molar-refractivity contribution in [1.82, 2.24) is 0 Å². The second-order valence-electron chi connectivity index (χ2n) is 6.83. The molecule has 0 saturated heterocycles. The van der Waals surface area contributed by atoms with E-state index >= 15 is 0 Å². The zero-order valence-electron chi connectivity index (χ0n) is 14.9. The third kappa shape index (κ3) is 3.41. The number of hydrogen-bond donors (Lipinski definition) is 1. The molecule has 1 heterocycles. The molecular weight excluding hydrogens is 391 g/mol. The summed E-state index contributed by atoms with van der Waals surface area (Å²) in [6, 6.07) is 11.0. The molecule has 2 unspecified atom stereocenters. The smallest absolute Gasteiger partial charge is 0.433 e. The van der Waals surface area contributed by atoms with Crippen molar-refractivity contribution in [3.05, 3.63) is 58.6 Å². The third-order valence-electron chi connectivity index (χ3n) is 4.79. The number of fused-ring (bicyclic) bond motifs is 1. The minimum absolute atomic E-state index is 0.0141. The topological polar surface area (TPSA) is 30.5 Å². The first-order valence-electron chi connectivity index (χ1n) is 8.80. The Bertz CT molecular complexity index is 945. The quantitative estimate of drug-likeness (QED) is 0.651. The maximum Gasteiger partial charge on any atom is 0.433 e. The molecule has 0 aromatic heterocycles. The summed E-state index contributed by atoms with van der Waals surface area (Å²) >= 11 is 6.00. The molecule has 2 aliphatic rings. The van der Waals surface area contributed by atoms with Crippen molar-refractivity contribution >= 4 is 17.3 Å². The molecule has 1 N–H and O–H groups in total. The molecule has 2 aromatic carbocycles. The third-order valence-corrected chi connectivity index (χ3v) is 5.02. The van der Waals surface area contributed by atoms with Crippen LogP contribution in [0.2, 0.25) is 5.02 Å². The normalized spacial score (nSPS) is 23.8. The number of rotatable bonds is 2. The average Bonchev–Trinajstić information content (AvgIpc) is 3.50. The number of halogens is 4. The standard InChI is InChI=1S/C21H17ClF3NO2/c1-27-16-7-4-14(5-8-16)19-26-18-9-6-15(22)12-17(18)20(28-19,21(23,24)25)11-10-13-2-3-13/h4-9,12-13,19,26H,2-3H2,1H3. The second kappa shape index (κ2) is 6.91. The molecule has 1 aliphatic carbocycles. The molecule has 1 fully saturated rings. The van der Waals surface area contributed by atoms with Crippen molar-refractivity contribution in [2.24, 2.45) is 5.92 Å². The maximum atomic E-state index is 14.4. The van der Waals surface area contributed by atoms with Gasteiger partial charge in [0.2, 0.25) is 0 Å². The molecule has 146 valence electrons. The van der Waals surface area contributed by atoms with Gasteiger partial charge in [-0.25, -0.2) is 0 Å². The van der Waals surface area contributed by atoms with Gasteiger partial charge in [0.1, 0.15) is 5.75 Å². The van der Waals surface area contributed by atoms with Crippen LogP contribution in [0.15, 0.2) is 42.5 Å². The molecule has 28 heavy (non-hydrogen) atoms. The molecule has 1 saturated carbocycles. The maximum absolute atomic E-state index is 14.4. The predicted octanol–water partition coefficient (Wildman–Crippen LogP) is 5.66. The summed E-state index contributed by atoms with van der Waals surface area (Å²) in [7, 11) is 1.52. The lowest BCUT2D eigenvalue weighted by atomic mass is 9.89. The number of hydrogen-bond acceptors (Lipinski definition) is 3. The van der Waals surface area contributed by atoms with E-state index in [1.807, 2.05) is 0 Å². The van der Waals surface area contributed by atoms with Gasteiger partial charge in [-0.05, 0) is 43.2 Å². The summed E-state index contributed by atoms with van der Waals surface area (Å²) in [5.74, 6) is 5.75. The first kappa shape index (κ1) is 19.0. The summed E-state index contributed by atoms with van der Waals surface area (Å²) < 4.78 is 53.9. The van der Waals surface area contributed by atoms with Crippen LogP contribution < -0.4 is 10.1 Å². The Labute approximate surface area is 165 Å². The van der Waals surface area contributed by atoms with E-state index in [1.165, 1.54) is 19.2 Å². The van der Waals surface area contributed by atoms with Gasteiger partial charge in [0.15, 0.2) is 6.23 Å². The zero-order valence-corrected chi connectivity index (χ0v) is 15.7. The summed E-state index contributed by atoms with van der Waals surface area (Å²) in [5, 5.41) is 3.21. The van der Waals surface area contributed by atoms with Crippen LogP contribution in [0.1, 0.15) is 30.2 Å². The monoisotopic (exact) mass is 407 g/mol. The van der Waals surface area contributed by atoms with Crippen molar-refractivity contribution in [3.63, 3.8) is 0 Å². The lowest BCUT2D eigenvalue weighted by molar-refractivity contribution is -0.273. The molecule has 0 radical (unpaired) electrons. The predicted molar refractivity (Wildman–Crippen MR) is 100 cm³/mol. The van der Waals surface area contributed by atoms with Gasteiger partial charge in [0.05, 0.1) is 7.11 Å². The van der Waals surface area contributed by atoms with Crippen LogP contribution in [0.5, 0.6) is 5.75 Å². The second-order valence-corrected chi connectivity index (χ2v) is 7.26. The van der Waals surface area contributed by atoms with Gasteiger partial charge in [-0.2, -0.15) is 13.2 Å². The van der Waals surface area contributed by atoms with Gasteiger partial charge in [-0.15, -0.1) is 0 Å². The van der Waals surface area contributed by atoms with Crippen LogP contribution >= 0.6 is 11.6 Å². The van der Waals surface area contributed by atoms with Crippen molar-refractivity contribution in [2.75, 3.05) is 12.4 Å². The van der Waals surface area contributed by atoms with E-state index in [2.05, 4.69) is 17.2 Å². The number of methoxy groups -OCH3 is 1. The summed E-state index contributed by atoms with van der Waals surface area (Å²) in [5.41, 5.74) is -2.06. The largest absolute Gasteiger partial charge is 0.497 e. The van der Waals surface area contributed by atoms with E-state index in [0.29, 0.717) is 17.0 Å². The molecule has 2 atom stereocenters. The number of benzene rings is 2. The van der Waals surface area contributed by atoms with Gasteiger partial charge >= 0.3 is 6.18 Å². The van der Waals surface area contributed by atoms with Crippen molar-refractivity contribution in [2.45, 2.75) is 30.8 Å². The Morgan fingerprint density at radius 3 is 2.50 bits per heavy atom. The van der Waals surface area contributed by atoms with E-state index in [-0.39, 0.29) is 16.5 Å². The summed E-state index contributed by atoms with van der Waals surface area (Å²) in [4.78, 5) is 0. The molecule has 0 spiro atoms. The average molecular weight is 408 g/mol. The van der Waals surface area contributed by atoms with Gasteiger partial charge in [0.25, 0.3) is 5.60 Å². The van der Waals surface area contributed by atoms with E-state index < -0.39 is 18.0 Å². The number of nitrogens with one attached hydrogen (secondary N) is 1. The highest BCUT2D eigenvalue weighted by atomic mass is 35.5. The molecular formula is C21H17ClF3NO2. The number of alkyl halides is 3. The highest BCUT2D eigenvalue weighted by Crippen LogP contribution is 2.51. The van der Waals surface area contributed by atoms with E-state index in [1.54, 1.807) is 30.3 Å². The van der Waals surface area contributed by atoms with Crippen LogP contribution in [0, 0.1) is 17.8 Å². The molecule has 0 amide bonds. The number of anilines is 1. The van der Waals surface area contributed by atoms with Crippen LogP contribution in [0.3, 0.4) is 0 Å². The highest BCUT2D eigenvalue weighted by molar-refractivity contribution is 6.30. The van der Waals surface area contributed by atoms with E-state index in [4.69, 9.17) is 21.1 Å². The molecule has 1 aliphatic heterocycles. The SMILES string of the molecule is COc1ccc(C2Nc3ccc(Cl)cc3C(C#CC3CC3)(C(F)(F)F)O2)cc1. The fourth-order valence-electron chi connectivity index (χ4n) is 3.09. The van der Waals surface area contributed by atoms with Gasteiger partial charge in [-0.1, -0.05) is 35.6 Å². The summed E-state index contributed by atoms with van der Waals surface area (Å²) in [6.45, 7) is 0. The lowest BCUT2D eigenvalue weighted by Crippen LogP contribution is -2.48. The molecule has 3 nitrogen and oxygen atoms in total. The molecule has 2 aromatic rings. The van der Waals surface area contributed by atoms with Crippen LogP contribution in [0.4, 0.5) is 18.9 Å². The van der Waals surface area contributed by atoms with Crippen molar-refractivity contribution < 1.29 is 22.6 Å². The first-order chi connectivity index (χ1) is 13.3. The van der Waals surface area contributed by atoms with Crippen molar-refractivity contribution in [1.29, 1.82) is 0 Å². The molecule has 7 heteroatoms. The van der Waals surface area contributed by atoms with Gasteiger partial charge < -0.3 is 14.8 Å². The fraction of sp³-hybridized carbons (Fsp3) is 0.333. The minimum atomic E-state index is -4.75. The first-order valence-corrected chi connectivity index (χ1v) is 9.18. The Hall–Kier alpha value is -2.36. The Kier molecular flexibility index (Phi) is 4.68. The van der Waals surface area contributed by atoms with Crippen molar-refractivity contribution in [3.8, 4) is 17.6 Å². The highest BCUT2D eigenvalue weighted by Gasteiger charge is 2.61.